The van der Waals surface area contributed by atoms with Crippen LogP contribution in [0.2, 0.25) is 0 Å². The van der Waals surface area contributed by atoms with Gasteiger partial charge < -0.3 is 24.4 Å². The first-order valence-corrected chi connectivity index (χ1v) is 8.61. The van der Waals surface area contributed by atoms with E-state index in [-0.39, 0.29) is 24.0 Å². The molecule has 3 rings (SSSR count). The molecular weight excluding hydrogens is 445 g/mol. The van der Waals surface area contributed by atoms with Gasteiger partial charge >= 0.3 is 0 Å². The quantitative estimate of drug-likeness (QED) is 0.411. The first-order chi connectivity index (χ1) is 12.3. The van der Waals surface area contributed by atoms with E-state index in [1.165, 1.54) is 5.69 Å². The molecule has 0 atom stereocenters. The lowest BCUT2D eigenvalue weighted by atomic mass is 10.2. The van der Waals surface area contributed by atoms with Gasteiger partial charge in [-0.05, 0) is 31.2 Å². The van der Waals surface area contributed by atoms with Crippen LogP contribution < -0.4 is 15.0 Å². The molecule has 0 spiro atoms. The monoisotopic (exact) mass is 471 g/mol. The number of methoxy groups -OCH3 is 1. The van der Waals surface area contributed by atoms with E-state index in [0.717, 1.165) is 50.1 Å². The summed E-state index contributed by atoms with van der Waals surface area (Å²) in [6, 6.07) is 10.1. The molecule has 142 valence electrons. The maximum atomic E-state index is 5.23. The van der Waals surface area contributed by atoms with Crippen LogP contribution in [0.25, 0.3) is 0 Å². The Hall–Kier alpha value is -1.97. The SMILES string of the molecule is CCNC(=NCc1ccon1)N1CCN(c2ccc(OC)cc2)CC1.I. The number of aromatic nitrogens is 1. The molecule has 0 amide bonds. The molecule has 2 aromatic rings. The fraction of sp³-hybridized carbons (Fsp3) is 0.444. The Morgan fingerprint density at radius 1 is 1.19 bits per heavy atom. The van der Waals surface area contributed by atoms with Gasteiger partial charge in [-0.1, -0.05) is 5.16 Å². The zero-order valence-corrected chi connectivity index (χ0v) is 17.6. The lowest BCUT2D eigenvalue weighted by Gasteiger charge is -2.37. The van der Waals surface area contributed by atoms with Crippen molar-refractivity contribution in [2.75, 3.05) is 44.7 Å². The number of nitrogens with one attached hydrogen (secondary N) is 1. The molecule has 1 aliphatic heterocycles. The first-order valence-electron chi connectivity index (χ1n) is 8.61. The Kier molecular flexibility index (Phi) is 8.02. The number of piperazine rings is 1. The second kappa shape index (κ2) is 10.2. The van der Waals surface area contributed by atoms with Crippen LogP contribution in [-0.4, -0.2) is 55.8 Å². The number of benzene rings is 1. The summed E-state index contributed by atoms with van der Waals surface area (Å²) >= 11 is 0. The molecule has 0 saturated carbocycles. The molecule has 1 aromatic heterocycles. The van der Waals surface area contributed by atoms with Crippen molar-refractivity contribution in [3.05, 3.63) is 42.3 Å². The minimum absolute atomic E-state index is 0. The Bertz CT molecular complexity index is 667. The normalized spacial score (nSPS) is 14.8. The minimum atomic E-state index is 0. The van der Waals surface area contributed by atoms with Gasteiger partial charge in [0.25, 0.3) is 0 Å². The smallest absolute Gasteiger partial charge is 0.194 e. The van der Waals surface area contributed by atoms with E-state index in [1.807, 2.05) is 18.2 Å². The van der Waals surface area contributed by atoms with E-state index in [1.54, 1.807) is 13.4 Å². The summed E-state index contributed by atoms with van der Waals surface area (Å²) < 4.78 is 10.1. The molecule has 1 fully saturated rings. The van der Waals surface area contributed by atoms with Crippen LogP contribution in [0.15, 0.2) is 46.1 Å². The van der Waals surface area contributed by atoms with Crippen molar-refractivity contribution in [3.63, 3.8) is 0 Å². The van der Waals surface area contributed by atoms with Crippen molar-refractivity contribution in [3.8, 4) is 5.75 Å². The van der Waals surface area contributed by atoms with Gasteiger partial charge in [0, 0.05) is 44.5 Å². The number of nitrogens with zero attached hydrogens (tertiary/aromatic N) is 4. The summed E-state index contributed by atoms with van der Waals surface area (Å²) in [7, 11) is 1.69. The molecular formula is C18H26IN5O2. The second-order valence-electron chi connectivity index (χ2n) is 5.83. The summed E-state index contributed by atoms with van der Waals surface area (Å²) in [6.07, 6.45) is 1.57. The molecule has 2 heterocycles. The van der Waals surface area contributed by atoms with Gasteiger partial charge in [-0.15, -0.1) is 24.0 Å². The molecule has 0 unspecified atom stereocenters. The van der Waals surface area contributed by atoms with Crippen molar-refractivity contribution in [1.29, 1.82) is 0 Å². The van der Waals surface area contributed by atoms with Crippen LogP contribution in [0.4, 0.5) is 5.69 Å². The van der Waals surface area contributed by atoms with Crippen molar-refractivity contribution < 1.29 is 9.26 Å². The van der Waals surface area contributed by atoms with E-state index in [4.69, 9.17) is 9.26 Å². The zero-order valence-electron chi connectivity index (χ0n) is 15.2. The molecule has 1 aliphatic rings. The summed E-state index contributed by atoms with van der Waals surface area (Å²) in [5.41, 5.74) is 2.07. The molecule has 8 heteroatoms. The molecule has 1 aromatic carbocycles. The molecule has 26 heavy (non-hydrogen) atoms. The highest BCUT2D eigenvalue weighted by Crippen LogP contribution is 2.20. The van der Waals surface area contributed by atoms with Crippen molar-refractivity contribution >= 4 is 35.6 Å². The van der Waals surface area contributed by atoms with Crippen LogP contribution in [0.3, 0.4) is 0 Å². The predicted octanol–water partition coefficient (Wildman–Crippen LogP) is 2.59. The fourth-order valence-corrected chi connectivity index (χ4v) is 2.87. The first kappa shape index (κ1) is 20.3. The van der Waals surface area contributed by atoms with Gasteiger partial charge in [0.2, 0.25) is 0 Å². The number of hydrogen-bond acceptors (Lipinski definition) is 5. The molecule has 0 bridgehead atoms. The molecule has 7 nitrogen and oxygen atoms in total. The number of halogens is 1. The van der Waals surface area contributed by atoms with Crippen molar-refractivity contribution in [1.82, 2.24) is 15.4 Å². The van der Waals surface area contributed by atoms with E-state index in [9.17, 15) is 0 Å². The maximum absolute atomic E-state index is 5.23. The number of rotatable bonds is 5. The minimum Gasteiger partial charge on any atom is -0.497 e. The molecule has 0 aliphatic carbocycles. The van der Waals surface area contributed by atoms with E-state index >= 15 is 0 Å². The number of guanidine groups is 1. The van der Waals surface area contributed by atoms with Crippen LogP contribution in [0.5, 0.6) is 5.75 Å². The lowest BCUT2D eigenvalue weighted by Crippen LogP contribution is -2.52. The molecule has 0 radical (unpaired) electrons. The highest BCUT2D eigenvalue weighted by molar-refractivity contribution is 14.0. The van der Waals surface area contributed by atoms with Crippen molar-refractivity contribution in [2.24, 2.45) is 4.99 Å². The number of hydrogen-bond donors (Lipinski definition) is 1. The lowest BCUT2D eigenvalue weighted by molar-refractivity contribution is 0.371. The third-order valence-electron chi connectivity index (χ3n) is 4.23. The Labute approximate surface area is 171 Å². The van der Waals surface area contributed by atoms with Crippen molar-refractivity contribution in [2.45, 2.75) is 13.5 Å². The van der Waals surface area contributed by atoms with Gasteiger partial charge in [0.05, 0.1) is 13.7 Å². The van der Waals surface area contributed by atoms with E-state index < -0.39 is 0 Å². The fourth-order valence-electron chi connectivity index (χ4n) is 2.87. The van der Waals surface area contributed by atoms with Crippen LogP contribution >= 0.6 is 24.0 Å². The summed E-state index contributed by atoms with van der Waals surface area (Å²) in [5, 5.41) is 7.28. The summed E-state index contributed by atoms with van der Waals surface area (Å²) in [6.45, 7) is 7.22. The predicted molar refractivity (Wildman–Crippen MR) is 114 cm³/mol. The standard InChI is InChI=1S/C18H25N5O2.HI/c1-3-19-18(20-14-15-8-13-25-21-15)23-11-9-22(10-12-23)16-4-6-17(24-2)7-5-16;/h4-8,13H,3,9-12,14H2,1-2H3,(H,19,20);1H. The van der Waals surface area contributed by atoms with Gasteiger partial charge in [0.1, 0.15) is 17.7 Å². The highest BCUT2D eigenvalue weighted by atomic mass is 127. The zero-order chi connectivity index (χ0) is 17.5. The Morgan fingerprint density at radius 3 is 2.50 bits per heavy atom. The van der Waals surface area contributed by atoms with Crippen LogP contribution in [0.1, 0.15) is 12.6 Å². The van der Waals surface area contributed by atoms with Gasteiger partial charge in [-0.25, -0.2) is 4.99 Å². The number of anilines is 1. The highest BCUT2D eigenvalue weighted by Gasteiger charge is 2.20. The average molecular weight is 471 g/mol. The van der Waals surface area contributed by atoms with Gasteiger partial charge in [-0.2, -0.15) is 0 Å². The summed E-state index contributed by atoms with van der Waals surface area (Å²) in [4.78, 5) is 9.36. The largest absolute Gasteiger partial charge is 0.497 e. The number of ether oxygens (including phenoxy) is 1. The van der Waals surface area contributed by atoms with Crippen LogP contribution in [-0.2, 0) is 6.54 Å². The van der Waals surface area contributed by atoms with E-state index in [2.05, 4.69) is 44.3 Å². The number of aliphatic imine (C=N–C) groups is 1. The third kappa shape index (κ3) is 5.26. The Balaban J connectivity index is 0.00000243. The maximum Gasteiger partial charge on any atom is 0.194 e. The van der Waals surface area contributed by atoms with Crippen LogP contribution in [0, 0.1) is 0 Å². The third-order valence-corrected chi connectivity index (χ3v) is 4.23. The average Bonchev–Trinajstić information content (AvgIpc) is 3.19. The molecule has 1 saturated heterocycles. The second-order valence-corrected chi connectivity index (χ2v) is 5.83. The van der Waals surface area contributed by atoms with Gasteiger partial charge in [-0.3, -0.25) is 0 Å². The Morgan fingerprint density at radius 2 is 1.92 bits per heavy atom. The molecule has 1 N–H and O–H groups in total. The summed E-state index contributed by atoms with van der Waals surface area (Å²) in [5.74, 6) is 1.82. The topological polar surface area (TPSA) is 66.1 Å². The van der Waals surface area contributed by atoms with Gasteiger partial charge in [0.15, 0.2) is 5.96 Å². The van der Waals surface area contributed by atoms with E-state index in [0.29, 0.717) is 6.54 Å².